The van der Waals surface area contributed by atoms with Gasteiger partial charge >= 0.3 is 5.97 Å². The van der Waals surface area contributed by atoms with Gasteiger partial charge in [-0.3, -0.25) is 0 Å². The Morgan fingerprint density at radius 3 is 2.78 bits per heavy atom. The minimum absolute atomic E-state index is 0.170. The quantitative estimate of drug-likeness (QED) is 0.474. The van der Waals surface area contributed by atoms with Crippen molar-refractivity contribution < 1.29 is 22.9 Å². The molecule has 0 saturated heterocycles. The molecule has 0 unspecified atom stereocenters. The average molecular weight is 385 g/mol. The van der Waals surface area contributed by atoms with E-state index in [0.29, 0.717) is 21.2 Å². The molecule has 136 valence electrons. The molecule has 0 radical (unpaired) electrons. The third-order valence-corrected chi connectivity index (χ3v) is 4.60. The highest BCUT2D eigenvalue weighted by molar-refractivity contribution is 7.15. The van der Waals surface area contributed by atoms with Gasteiger partial charge in [-0.15, -0.1) is 11.3 Å². The zero-order valence-corrected chi connectivity index (χ0v) is 14.8. The molecule has 0 saturated carbocycles. The lowest BCUT2D eigenvalue weighted by Crippen LogP contribution is -2.08. The van der Waals surface area contributed by atoms with Crippen LogP contribution in [-0.2, 0) is 11.3 Å². The number of esters is 1. The van der Waals surface area contributed by atoms with Gasteiger partial charge in [0.2, 0.25) is 5.82 Å². The topological polar surface area (TPSA) is 91.2 Å². The van der Waals surface area contributed by atoms with Crippen LogP contribution in [0.5, 0.6) is 0 Å². The second-order valence-corrected chi connectivity index (χ2v) is 6.70. The zero-order chi connectivity index (χ0) is 18.8. The molecule has 7 nitrogen and oxygen atoms in total. The van der Waals surface area contributed by atoms with Gasteiger partial charge in [0.15, 0.2) is 23.1 Å². The molecule has 0 fully saturated rings. The first kappa shape index (κ1) is 17.1. The second-order valence-electron chi connectivity index (χ2n) is 5.50. The molecule has 3 heterocycles. The number of benzene rings is 1. The molecule has 1 aromatic carbocycles. The van der Waals surface area contributed by atoms with Crippen molar-refractivity contribution in [2.45, 2.75) is 13.5 Å². The number of rotatable bonds is 5. The van der Waals surface area contributed by atoms with E-state index in [9.17, 15) is 9.18 Å². The van der Waals surface area contributed by atoms with Gasteiger partial charge in [0, 0.05) is 10.4 Å². The number of thiazole rings is 1. The molecule has 9 heteroatoms. The molecule has 3 aromatic heterocycles. The van der Waals surface area contributed by atoms with Crippen molar-refractivity contribution in [3.8, 4) is 22.2 Å². The Balaban J connectivity index is 1.43. The van der Waals surface area contributed by atoms with E-state index in [1.807, 2.05) is 0 Å². The van der Waals surface area contributed by atoms with E-state index in [-0.39, 0.29) is 29.8 Å². The van der Waals surface area contributed by atoms with Crippen LogP contribution in [0.4, 0.5) is 4.39 Å². The third kappa shape index (κ3) is 3.63. The number of ether oxygens (including phenoxy) is 1. The van der Waals surface area contributed by atoms with Crippen molar-refractivity contribution >= 4 is 17.3 Å². The fourth-order valence-corrected chi connectivity index (χ4v) is 3.18. The normalized spacial score (nSPS) is 10.9. The summed E-state index contributed by atoms with van der Waals surface area (Å²) in [7, 11) is 0. The van der Waals surface area contributed by atoms with E-state index in [0.717, 1.165) is 0 Å². The van der Waals surface area contributed by atoms with E-state index in [1.165, 1.54) is 35.6 Å². The van der Waals surface area contributed by atoms with Crippen LogP contribution >= 0.6 is 11.3 Å². The molecule has 27 heavy (non-hydrogen) atoms. The fourth-order valence-electron chi connectivity index (χ4n) is 2.31. The number of hydrogen-bond acceptors (Lipinski definition) is 8. The van der Waals surface area contributed by atoms with Gasteiger partial charge in [-0.1, -0.05) is 5.16 Å². The molecule has 0 aliphatic rings. The smallest absolute Gasteiger partial charge is 0.358 e. The summed E-state index contributed by atoms with van der Waals surface area (Å²) in [5.41, 5.74) is 0.786. The molecular formula is C18H12FN3O4S. The highest BCUT2D eigenvalue weighted by Gasteiger charge is 2.20. The van der Waals surface area contributed by atoms with Gasteiger partial charge in [0.1, 0.15) is 5.82 Å². The summed E-state index contributed by atoms with van der Waals surface area (Å²) in [6, 6.07) is 9.14. The minimum atomic E-state index is -0.588. The van der Waals surface area contributed by atoms with Crippen LogP contribution in [0.25, 0.3) is 22.2 Å². The Morgan fingerprint density at radius 2 is 2.04 bits per heavy atom. The molecule has 0 spiro atoms. The Labute approximate surface area is 156 Å². The van der Waals surface area contributed by atoms with Crippen molar-refractivity contribution in [2.75, 3.05) is 0 Å². The van der Waals surface area contributed by atoms with Crippen LogP contribution in [0, 0.1) is 12.7 Å². The van der Waals surface area contributed by atoms with Crippen LogP contribution in [0.3, 0.4) is 0 Å². The van der Waals surface area contributed by atoms with Gasteiger partial charge in [0.05, 0.1) is 6.26 Å². The molecular weight excluding hydrogens is 373 g/mol. The summed E-state index contributed by atoms with van der Waals surface area (Å²) in [6.45, 7) is 1.61. The Morgan fingerprint density at radius 1 is 1.22 bits per heavy atom. The number of aromatic nitrogens is 3. The van der Waals surface area contributed by atoms with Crippen LogP contribution in [0.1, 0.15) is 21.2 Å². The maximum atomic E-state index is 13.0. The maximum absolute atomic E-state index is 13.0. The first-order chi connectivity index (χ1) is 13.1. The molecule has 0 aliphatic carbocycles. The third-order valence-electron chi connectivity index (χ3n) is 3.61. The monoisotopic (exact) mass is 385 g/mol. The molecule has 4 rings (SSSR count). The number of nitrogens with zero attached hydrogens (tertiary/aromatic N) is 3. The summed E-state index contributed by atoms with van der Waals surface area (Å²) in [5, 5.41) is 4.36. The number of halogens is 1. The van der Waals surface area contributed by atoms with E-state index in [1.54, 1.807) is 25.3 Å². The van der Waals surface area contributed by atoms with E-state index >= 15 is 0 Å². The van der Waals surface area contributed by atoms with Gasteiger partial charge < -0.3 is 13.7 Å². The number of aryl methyl sites for hydroxylation is 1. The number of hydrogen-bond donors (Lipinski definition) is 0. The summed E-state index contributed by atoms with van der Waals surface area (Å²) in [4.78, 5) is 21.4. The van der Waals surface area contributed by atoms with Crippen LogP contribution < -0.4 is 0 Å². The largest absolute Gasteiger partial charge is 0.462 e. The predicted molar refractivity (Wildman–Crippen MR) is 93.4 cm³/mol. The van der Waals surface area contributed by atoms with Gasteiger partial charge in [-0.05, 0) is 43.3 Å². The summed E-state index contributed by atoms with van der Waals surface area (Å²) >= 11 is 1.34. The summed E-state index contributed by atoms with van der Waals surface area (Å²) in [6.07, 6.45) is 1.54. The van der Waals surface area contributed by atoms with Crippen LogP contribution in [-0.4, -0.2) is 21.1 Å². The SMILES string of the molecule is Cc1sc(-c2ccco2)nc1C(=O)OCc1noc(-c2ccc(F)cc2)n1. The molecule has 0 bridgehead atoms. The van der Waals surface area contributed by atoms with Gasteiger partial charge in [0.25, 0.3) is 5.89 Å². The van der Waals surface area contributed by atoms with Gasteiger partial charge in [-0.2, -0.15) is 4.98 Å². The van der Waals surface area contributed by atoms with Gasteiger partial charge in [-0.25, -0.2) is 14.2 Å². The maximum Gasteiger partial charge on any atom is 0.358 e. The first-order valence-electron chi connectivity index (χ1n) is 7.87. The number of carbonyl (C=O) groups is 1. The van der Waals surface area contributed by atoms with E-state index in [4.69, 9.17) is 13.7 Å². The minimum Gasteiger partial charge on any atom is -0.462 e. The Kier molecular flexibility index (Phi) is 4.51. The lowest BCUT2D eigenvalue weighted by atomic mass is 10.2. The molecule has 4 aromatic rings. The molecule has 0 N–H and O–H groups in total. The van der Waals surface area contributed by atoms with Crippen LogP contribution in [0.15, 0.2) is 51.6 Å². The molecule has 0 aliphatic heterocycles. The highest BCUT2D eigenvalue weighted by Crippen LogP contribution is 2.28. The summed E-state index contributed by atoms with van der Waals surface area (Å²) in [5.74, 6) is 0.0479. The average Bonchev–Trinajstić information content (AvgIpc) is 3.41. The van der Waals surface area contributed by atoms with Crippen molar-refractivity contribution in [1.82, 2.24) is 15.1 Å². The van der Waals surface area contributed by atoms with Crippen molar-refractivity contribution in [3.05, 3.63) is 64.9 Å². The van der Waals surface area contributed by atoms with E-state index in [2.05, 4.69) is 15.1 Å². The van der Waals surface area contributed by atoms with Crippen molar-refractivity contribution in [2.24, 2.45) is 0 Å². The summed E-state index contributed by atoms with van der Waals surface area (Å²) < 4.78 is 28.6. The van der Waals surface area contributed by atoms with Crippen molar-refractivity contribution in [3.63, 3.8) is 0 Å². The second kappa shape index (κ2) is 7.12. The lowest BCUT2D eigenvalue weighted by Gasteiger charge is -1.99. The highest BCUT2D eigenvalue weighted by atomic mass is 32.1. The Hall–Kier alpha value is -3.33. The molecule has 0 atom stereocenters. The number of carbonyl (C=O) groups excluding carboxylic acids is 1. The van der Waals surface area contributed by atoms with E-state index < -0.39 is 5.97 Å². The van der Waals surface area contributed by atoms with Crippen molar-refractivity contribution in [1.29, 1.82) is 0 Å². The Bertz CT molecular complexity index is 1070. The zero-order valence-electron chi connectivity index (χ0n) is 14.0. The number of furan rings is 1. The predicted octanol–water partition coefficient (Wildman–Crippen LogP) is 4.26. The standard InChI is InChI=1S/C18H12FN3O4S/c1-10-15(21-17(27-10)13-3-2-8-24-13)18(23)25-9-14-20-16(26-22-14)11-4-6-12(19)7-5-11/h2-8H,9H2,1H3. The molecule has 0 amide bonds. The lowest BCUT2D eigenvalue weighted by molar-refractivity contribution is 0.0453. The fraction of sp³-hybridized carbons (Fsp3) is 0.111. The first-order valence-corrected chi connectivity index (χ1v) is 8.69. The van der Waals surface area contributed by atoms with Crippen LogP contribution in [0.2, 0.25) is 0 Å².